The molecule has 0 saturated carbocycles. The minimum Gasteiger partial charge on any atom is -0.497 e. The Balaban J connectivity index is 1.71. The molecule has 0 atom stereocenters. The second kappa shape index (κ2) is 10.4. The Morgan fingerprint density at radius 3 is 2.30 bits per heavy atom. The van der Waals surface area contributed by atoms with Crippen molar-refractivity contribution in [3.63, 3.8) is 0 Å². The molecule has 7 nitrogen and oxygen atoms in total. The molecule has 0 fully saturated rings. The van der Waals surface area contributed by atoms with E-state index in [2.05, 4.69) is 31.4 Å². The van der Waals surface area contributed by atoms with Crippen LogP contribution in [0.1, 0.15) is 42.3 Å². The highest BCUT2D eigenvalue weighted by molar-refractivity contribution is 5.96. The van der Waals surface area contributed by atoms with Crippen LogP contribution in [0.4, 0.5) is 0 Å². The van der Waals surface area contributed by atoms with Crippen molar-refractivity contribution in [2.45, 2.75) is 32.7 Å². The van der Waals surface area contributed by atoms with Gasteiger partial charge in [-0.15, -0.1) is 0 Å². The topological polar surface area (TPSA) is 93.7 Å². The van der Waals surface area contributed by atoms with E-state index in [0.717, 1.165) is 11.1 Å². The van der Waals surface area contributed by atoms with Gasteiger partial charge >= 0.3 is 5.97 Å². The molecule has 0 radical (unpaired) electrons. The molecular weight excluding hydrogens is 384 g/mol. The van der Waals surface area contributed by atoms with Crippen LogP contribution >= 0.6 is 0 Å². The molecule has 0 heterocycles. The lowest BCUT2D eigenvalue weighted by atomic mass is 9.87. The van der Waals surface area contributed by atoms with Crippen molar-refractivity contribution in [2.75, 3.05) is 20.3 Å². The van der Waals surface area contributed by atoms with Gasteiger partial charge in [0, 0.05) is 12.1 Å². The quantitative estimate of drug-likeness (QED) is 0.650. The molecule has 30 heavy (non-hydrogen) atoms. The lowest BCUT2D eigenvalue weighted by Gasteiger charge is -2.19. The summed E-state index contributed by atoms with van der Waals surface area (Å²) in [5.74, 6) is -0.812. The molecule has 0 spiro atoms. The van der Waals surface area contributed by atoms with Crippen LogP contribution in [0.15, 0.2) is 48.5 Å². The molecule has 2 aromatic carbocycles. The highest BCUT2D eigenvalue weighted by Crippen LogP contribution is 2.22. The highest BCUT2D eigenvalue weighted by atomic mass is 16.5. The third kappa shape index (κ3) is 7.24. The van der Waals surface area contributed by atoms with E-state index in [9.17, 15) is 14.4 Å². The van der Waals surface area contributed by atoms with Crippen molar-refractivity contribution in [2.24, 2.45) is 0 Å². The zero-order valence-electron chi connectivity index (χ0n) is 17.8. The third-order valence-corrected chi connectivity index (χ3v) is 4.39. The van der Waals surface area contributed by atoms with Crippen molar-refractivity contribution >= 4 is 17.8 Å². The number of carbonyl (C=O) groups is 3. The first-order chi connectivity index (χ1) is 14.2. The molecular formula is C23H28N2O5. The summed E-state index contributed by atoms with van der Waals surface area (Å²) < 4.78 is 10.0. The third-order valence-electron chi connectivity index (χ3n) is 4.39. The summed E-state index contributed by atoms with van der Waals surface area (Å²) in [6, 6.07) is 14.5. The van der Waals surface area contributed by atoms with Crippen LogP contribution < -0.4 is 15.4 Å². The minimum absolute atomic E-state index is 0.00797. The van der Waals surface area contributed by atoms with Gasteiger partial charge in [0.05, 0.1) is 7.11 Å². The van der Waals surface area contributed by atoms with E-state index in [1.165, 1.54) is 0 Å². The van der Waals surface area contributed by atoms with Gasteiger partial charge in [0.2, 0.25) is 0 Å². The Bertz CT molecular complexity index is 885. The first-order valence-electron chi connectivity index (χ1n) is 9.63. The number of benzene rings is 2. The van der Waals surface area contributed by atoms with Gasteiger partial charge < -0.3 is 20.1 Å². The molecule has 0 aliphatic rings. The molecule has 2 amide bonds. The zero-order valence-corrected chi connectivity index (χ0v) is 17.8. The van der Waals surface area contributed by atoms with Crippen LogP contribution in [0.5, 0.6) is 5.75 Å². The normalized spacial score (nSPS) is 10.8. The lowest BCUT2D eigenvalue weighted by molar-refractivity contribution is -0.147. The Labute approximate surface area is 176 Å². The number of hydrogen-bond donors (Lipinski definition) is 2. The maximum absolute atomic E-state index is 12.2. The van der Waals surface area contributed by atoms with Crippen molar-refractivity contribution in [1.29, 1.82) is 0 Å². The SMILES string of the molecule is COc1cccc(CNC(=O)COC(=O)CNC(=O)c2ccc(C(C)(C)C)cc2)c1. The number of hydrogen-bond acceptors (Lipinski definition) is 5. The maximum atomic E-state index is 12.2. The van der Waals surface area contributed by atoms with Crippen molar-refractivity contribution in [1.82, 2.24) is 10.6 Å². The monoisotopic (exact) mass is 412 g/mol. The Morgan fingerprint density at radius 2 is 1.67 bits per heavy atom. The average Bonchev–Trinajstić information content (AvgIpc) is 2.74. The van der Waals surface area contributed by atoms with Crippen LogP contribution in [0, 0.1) is 0 Å². The molecule has 7 heteroatoms. The number of esters is 1. The fourth-order valence-electron chi connectivity index (χ4n) is 2.61. The van der Waals surface area contributed by atoms with Gasteiger partial charge in [-0.1, -0.05) is 45.0 Å². The van der Waals surface area contributed by atoms with Crippen LogP contribution in [-0.2, 0) is 26.3 Å². The number of ether oxygens (including phenoxy) is 2. The van der Waals surface area contributed by atoms with Gasteiger partial charge in [0.25, 0.3) is 11.8 Å². The largest absolute Gasteiger partial charge is 0.497 e. The summed E-state index contributed by atoms with van der Waals surface area (Å²) in [5, 5.41) is 5.15. The molecule has 2 N–H and O–H groups in total. The van der Waals surface area contributed by atoms with Crippen LogP contribution in [0.25, 0.3) is 0 Å². The van der Waals surface area contributed by atoms with Crippen LogP contribution in [-0.4, -0.2) is 38.0 Å². The molecule has 2 aromatic rings. The second-order valence-corrected chi connectivity index (χ2v) is 7.80. The number of amides is 2. The average molecular weight is 412 g/mol. The standard InChI is InChI=1S/C23H28N2O5/c1-23(2,3)18-10-8-17(9-11-18)22(28)25-14-21(27)30-15-20(26)24-13-16-6-5-7-19(12-16)29-4/h5-12H,13-15H2,1-4H3,(H,24,26)(H,25,28). The molecule has 0 saturated heterocycles. The van der Waals surface area contributed by atoms with Gasteiger partial charge in [0.15, 0.2) is 6.61 Å². The van der Waals surface area contributed by atoms with Gasteiger partial charge in [-0.05, 0) is 40.8 Å². The van der Waals surface area contributed by atoms with Gasteiger partial charge in [-0.25, -0.2) is 0 Å². The van der Waals surface area contributed by atoms with Crippen LogP contribution in [0.3, 0.4) is 0 Å². The van der Waals surface area contributed by atoms with Crippen molar-refractivity contribution < 1.29 is 23.9 Å². The fraction of sp³-hybridized carbons (Fsp3) is 0.348. The molecule has 0 aliphatic heterocycles. The maximum Gasteiger partial charge on any atom is 0.325 e. The molecule has 0 aromatic heterocycles. The number of rotatable bonds is 8. The van der Waals surface area contributed by atoms with Crippen molar-refractivity contribution in [3.8, 4) is 5.75 Å². The summed E-state index contributed by atoms with van der Waals surface area (Å²) >= 11 is 0. The summed E-state index contributed by atoms with van der Waals surface area (Å²) in [5.41, 5.74) is 2.41. The second-order valence-electron chi connectivity index (χ2n) is 7.80. The first kappa shape index (κ1) is 22.9. The minimum atomic E-state index is -0.689. The predicted octanol–water partition coefficient (Wildman–Crippen LogP) is 2.58. The van der Waals surface area contributed by atoms with E-state index in [-0.39, 0.29) is 24.4 Å². The molecule has 0 bridgehead atoms. The molecule has 2 rings (SSSR count). The Kier molecular flexibility index (Phi) is 7.98. The van der Waals surface area contributed by atoms with Gasteiger partial charge in [-0.3, -0.25) is 14.4 Å². The predicted molar refractivity (Wildman–Crippen MR) is 113 cm³/mol. The zero-order chi connectivity index (χ0) is 22.1. The van der Waals surface area contributed by atoms with E-state index < -0.39 is 18.5 Å². The number of carbonyl (C=O) groups excluding carboxylic acids is 3. The Morgan fingerprint density at radius 1 is 0.967 bits per heavy atom. The van der Waals surface area contributed by atoms with E-state index in [1.807, 2.05) is 24.3 Å². The number of methoxy groups -OCH3 is 1. The van der Waals surface area contributed by atoms with E-state index in [0.29, 0.717) is 11.3 Å². The molecule has 0 aliphatic carbocycles. The molecule has 160 valence electrons. The summed E-state index contributed by atoms with van der Waals surface area (Å²) in [4.78, 5) is 35.8. The van der Waals surface area contributed by atoms with Gasteiger partial charge in [0.1, 0.15) is 12.3 Å². The fourth-order valence-corrected chi connectivity index (χ4v) is 2.61. The molecule has 0 unspecified atom stereocenters. The number of nitrogens with one attached hydrogen (secondary N) is 2. The van der Waals surface area contributed by atoms with Gasteiger partial charge in [-0.2, -0.15) is 0 Å². The van der Waals surface area contributed by atoms with Crippen LogP contribution in [0.2, 0.25) is 0 Å². The van der Waals surface area contributed by atoms with Crippen molar-refractivity contribution in [3.05, 3.63) is 65.2 Å². The van der Waals surface area contributed by atoms with E-state index in [1.54, 1.807) is 31.4 Å². The highest BCUT2D eigenvalue weighted by Gasteiger charge is 2.15. The lowest BCUT2D eigenvalue weighted by Crippen LogP contribution is -2.33. The van der Waals surface area contributed by atoms with E-state index >= 15 is 0 Å². The van der Waals surface area contributed by atoms with E-state index in [4.69, 9.17) is 9.47 Å². The smallest absolute Gasteiger partial charge is 0.325 e. The first-order valence-corrected chi connectivity index (χ1v) is 9.63. The summed E-state index contributed by atoms with van der Waals surface area (Å²) in [6.45, 7) is 5.82. The summed E-state index contributed by atoms with van der Waals surface area (Å²) in [6.07, 6.45) is 0. The Hall–Kier alpha value is -3.35. The summed E-state index contributed by atoms with van der Waals surface area (Å²) in [7, 11) is 1.57.